The van der Waals surface area contributed by atoms with Gasteiger partial charge in [0.05, 0.1) is 0 Å². The van der Waals surface area contributed by atoms with Crippen LogP contribution in [0.5, 0.6) is 0 Å². The minimum absolute atomic E-state index is 0.214. The van der Waals surface area contributed by atoms with Crippen LogP contribution in [0.25, 0.3) is 0 Å². The van der Waals surface area contributed by atoms with Crippen LogP contribution in [0.2, 0.25) is 0 Å². The van der Waals surface area contributed by atoms with Gasteiger partial charge in [-0.1, -0.05) is 34.1 Å². The van der Waals surface area contributed by atoms with E-state index in [4.69, 9.17) is 13.7 Å². The number of nitrogens with two attached hydrogens (primary N) is 1. The van der Waals surface area contributed by atoms with E-state index in [9.17, 15) is 0 Å². The number of hydrogen-bond donors (Lipinski definition) is 2. The van der Waals surface area contributed by atoms with Crippen molar-refractivity contribution in [2.24, 2.45) is 16.6 Å². The van der Waals surface area contributed by atoms with Gasteiger partial charge in [-0.05, 0) is 36.8 Å². The monoisotopic (exact) mass is 196 g/mol. The van der Waals surface area contributed by atoms with E-state index in [0.717, 1.165) is 25.9 Å². The topological polar surface area (TPSA) is 38.0 Å². The molecule has 3 N–H and O–H groups in total. The molecule has 0 aromatic rings. The third kappa shape index (κ3) is 5.01. The molecule has 3 heteroatoms. The highest BCUT2D eigenvalue weighted by atomic mass is 14.7. The van der Waals surface area contributed by atoms with Gasteiger partial charge >= 0.3 is 0 Å². The summed E-state index contributed by atoms with van der Waals surface area (Å²) in [7, 11) is 5.30. The van der Waals surface area contributed by atoms with Gasteiger partial charge in [0.25, 0.3) is 0 Å². The molecule has 0 amide bonds. The maximum atomic E-state index is 5.84. The first-order valence-electron chi connectivity index (χ1n) is 5.53. The molecule has 0 bridgehead atoms. The Kier molecular flexibility index (Phi) is 5.76. The highest BCUT2D eigenvalue weighted by Crippen LogP contribution is 2.37. The van der Waals surface area contributed by atoms with Crippen molar-refractivity contribution in [3.8, 4) is 0 Å². The SMILES string of the molecule is [B]NCCC(C)(CN)CC(C)(C)CC. The van der Waals surface area contributed by atoms with E-state index in [1.165, 1.54) is 6.42 Å². The fourth-order valence-corrected chi connectivity index (χ4v) is 1.92. The molecule has 0 saturated heterocycles. The quantitative estimate of drug-likeness (QED) is 0.609. The van der Waals surface area contributed by atoms with E-state index in [1.807, 2.05) is 0 Å². The van der Waals surface area contributed by atoms with E-state index in [0.29, 0.717) is 5.41 Å². The van der Waals surface area contributed by atoms with E-state index in [1.54, 1.807) is 0 Å². The summed E-state index contributed by atoms with van der Waals surface area (Å²) in [4.78, 5) is 0. The van der Waals surface area contributed by atoms with Gasteiger partial charge in [0.1, 0.15) is 0 Å². The average Bonchev–Trinajstić information content (AvgIpc) is 2.14. The van der Waals surface area contributed by atoms with Crippen LogP contribution in [0.4, 0.5) is 0 Å². The van der Waals surface area contributed by atoms with Gasteiger partial charge in [0.15, 0.2) is 7.98 Å². The molecule has 0 rings (SSSR count). The lowest BCUT2D eigenvalue weighted by Gasteiger charge is -2.36. The molecule has 82 valence electrons. The number of rotatable bonds is 7. The van der Waals surface area contributed by atoms with Gasteiger partial charge in [0, 0.05) is 0 Å². The normalized spacial score (nSPS) is 16.6. The van der Waals surface area contributed by atoms with Crippen LogP contribution >= 0.6 is 0 Å². The molecular formula is C11H25BN2. The molecule has 2 nitrogen and oxygen atoms in total. The third-order valence-electron chi connectivity index (χ3n) is 3.23. The molecule has 0 saturated carbocycles. The van der Waals surface area contributed by atoms with Gasteiger partial charge in [-0.25, -0.2) is 0 Å². The highest BCUT2D eigenvalue weighted by molar-refractivity contribution is 6.04. The van der Waals surface area contributed by atoms with Crippen LogP contribution in [-0.2, 0) is 0 Å². The smallest absolute Gasteiger partial charge is 0.177 e. The lowest BCUT2D eigenvalue weighted by atomic mass is 9.71. The zero-order valence-corrected chi connectivity index (χ0v) is 10.2. The van der Waals surface area contributed by atoms with E-state index < -0.39 is 0 Å². The molecule has 0 fully saturated rings. The molecule has 14 heavy (non-hydrogen) atoms. The Bertz CT molecular complexity index is 159. The summed E-state index contributed by atoms with van der Waals surface area (Å²) in [5.41, 5.74) is 6.43. The van der Waals surface area contributed by atoms with Crippen molar-refractivity contribution in [1.29, 1.82) is 0 Å². The number of hydrogen-bond acceptors (Lipinski definition) is 2. The van der Waals surface area contributed by atoms with Crippen molar-refractivity contribution in [1.82, 2.24) is 5.23 Å². The fraction of sp³-hybridized carbons (Fsp3) is 1.00. The Morgan fingerprint density at radius 3 is 2.21 bits per heavy atom. The van der Waals surface area contributed by atoms with Crippen molar-refractivity contribution < 1.29 is 0 Å². The first kappa shape index (κ1) is 14.0. The Balaban J connectivity index is 4.23. The molecule has 0 spiro atoms. The average molecular weight is 196 g/mol. The zero-order valence-electron chi connectivity index (χ0n) is 10.2. The van der Waals surface area contributed by atoms with Crippen molar-refractivity contribution in [2.75, 3.05) is 13.1 Å². The van der Waals surface area contributed by atoms with Gasteiger partial charge in [-0.2, -0.15) is 0 Å². The molecule has 2 radical (unpaired) electrons. The summed E-state index contributed by atoms with van der Waals surface area (Å²) in [6.45, 7) is 10.7. The van der Waals surface area contributed by atoms with E-state index in [-0.39, 0.29) is 5.41 Å². The summed E-state index contributed by atoms with van der Waals surface area (Å²) in [6.07, 6.45) is 3.40. The van der Waals surface area contributed by atoms with Gasteiger partial charge in [-0.3, -0.25) is 0 Å². The van der Waals surface area contributed by atoms with Crippen LogP contribution < -0.4 is 11.0 Å². The van der Waals surface area contributed by atoms with Gasteiger partial charge in [-0.15, -0.1) is 0 Å². The Hall–Kier alpha value is -0.0151. The molecule has 0 heterocycles. The zero-order chi connectivity index (χ0) is 11.2. The lowest BCUT2D eigenvalue weighted by molar-refractivity contribution is 0.167. The van der Waals surface area contributed by atoms with E-state index >= 15 is 0 Å². The van der Waals surface area contributed by atoms with Crippen LogP contribution in [0.15, 0.2) is 0 Å². The van der Waals surface area contributed by atoms with Gasteiger partial charge in [0.2, 0.25) is 0 Å². The summed E-state index contributed by atoms with van der Waals surface area (Å²) >= 11 is 0. The number of nitrogens with one attached hydrogen (secondary N) is 1. The Morgan fingerprint density at radius 1 is 1.29 bits per heavy atom. The summed E-state index contributed by atoms with van der Waals surface area (Å²) in [5.74, 6) is 0. The molecule has 0 aromatic heterocycles. The van der Waals surface area contributed by atoms with Crippen LogP contribution in [0.1, 0.15) is 47.0 Å². The van der Waals surface area contributed by atoms with Crippen molar-refractivity contribution >= 4 is 7.98 Å². The predicted molar refractivity (Wildman–Crippen MR) is 64.2 cm³/mol. The van der Waals surface area contributed by atoms with Crippen molar-refractivity contribution in [2.45, 2.75) is 47.0 Å². The largest absolute Gasteiger partial charge is 0.366 e. The Labute approximate surface area is 90.5 Å². The molecule has 0 aliphatic heterocycles. The molecule has 0 aromatic carbocycles. The summed E-state index contributed by atoms with van der Waals surface area (Å²) in [6, 6.07) is 0. The minimum Gasteiger partial charge on any atom is -0.366 e. The maximum absolute atomic E-state index is 5.84. The predicted octanol–water partition coefficient (Wildman–Crippen LogP) is 1.84. The summed E-state index contributed by atoms with van der Waals surface area (Å²) < 4.78 is 0. The van der Waals surface area contributed by atoms with Crippen molar-refractivity contribution in [3.05, 3.63) is 0 Å². The molecule has 1 atom stereocenters. The van der Waals surface area contributed by atoms with Crippen LogP contribution in [0, 0.1) is 10.8 Å². The standard InChI is InChI=1S/C11H25BN2/c1-5-10(2,3)8-11(4,9-13)6-7-14-12/h14H,5-9,13H2,1-4H3. The van der Waals surface area contributed by atoms with Crippen molar-refractivity contribution in [3.63, 3.8) is 0 Å². The first-order valence-corrected chi connectivity index (χ1v) is 5.53. The van der Waals surface area contributed by atoms with Crippen LogP contribution in [-0.4, -0.2) is 21.1 Å². The minimum atomic E-state index is 0.214. The van der Waals surface area contributed by atoms with Crippen LogP contribution in [0.3, 0.4) is 0 Å². The highest BCUT2D eigenvalue weighted by Gasteiger charge is 2.29. The van der Waals surface area contributed by atoms with Gasteiger partial charge < -0.3 is 11.0 Å². The second kappa shape index (κ2) is 5.77. The maximum Gasteiger partial charge on any atom is 0.177 e. The first-order chi connectivity index (χ1) is 6.39. The third-order valence-corrected chi connectivity index (χ3v) is 3.23. The fourth-order valence-electron chi connectivity index (χ4n) is 1.92. The second-order valence-corrected chi connectivity index (χ2v) is 5.41. The molecular weight excluding hydrogens is 171 g/mol. The second-order valence-electron chi connectivity index (χ2n) is 5.41. The summed E-state index contributed by atoms with van der Waals surface area (Å²) in [5, 5.41) is 2.71. The molecule has 0 aliphatic carbocycles. The van der Waals surface area contributed by atoms with E-state index in [2.05, 4.69) is 32.9 Å². The Morgan fingerprint density at radius 2 is 1.86 bits per heavy atom. The molecule has 1 unspecified atom stereocenters. The molecule has 0 aliphatic rings. The lowest BCUT2D eigenvalue weighted by Crippen LogP contribution is -2.35.